The van der Waals surface area contributed by atoms with Crippen LogP contribution in [0.2, 0.25) is 0 Å². The van der Waals surface area contributed by atoms with Crippen molar-refractivity contribution in [3.8, 4) is 11.5 Å². The van der Waals surface area contributed by atoms with Crippen LogP contribution in [0.5, 0.6) is 11.5 Å². The van der Waals surface area contributed by atoms with Crippen molar-refractivity contribution in [2.75, 3.05) is 14.2 Å². The lowest BCUT2D eigenvalue weighted by atomic mass is 10.1. The average Bonchev–Trinajstić information content (AvgIpc) is 2.51. The second-order valence-electron chi connectivity index (χ2n) is 4.65. The van der Waals surface area contributed by atoms with Crippen LogP contribution in [0.3, 0.4) is 0 Å². The fourth-order valence-electron chi connectivity index (χ4n) is 2.12. The minimum Gasteiger partial charge on any atom is -0.493 e. The molecule has 0 bridgehead atoms. The van der Waals surface area contributed by atoms with Crippen LogP contribution in [-0.2, 0) is 6.54 Å². The zero-order valence-corrected chi connectivity index (χ0v) is 14.0. The standard InChI is InChI=1S/C16H19BrN2O2/c1-11(12-5-4-6-13(17)9-12)19-10-14-16(21-3)15(20-2)7-8-18-14/h4-9,11,19H,10H2,1-3H3. The molecule has 112 valence electrons. The third-order valence-electron chi connectivity index (χ3n) is 3.29. The van der Waals surface area contributed by atoms with Crippen molar-refractivity contribution in [2.45, 2.75) is 19.5 Å². The van der Waals surface area contributed by atoms with Crippen LogP contribution in [0, 0.1) is 0 Å². The molecule has 0 radical (unpaired) electrons. The van der Waals surface area contributed by atoms with Crippen molar-refractivity contribution in [3.63, 3.8) is 0 Å². The first kappa shape index (κ1) is 15.8. The maximum Gasteiger partial charge on any atom is 0.183 e. The van der Waals surface area contributed by atoms with Crippen LogP contribution in [0.25, 0.3) is 0 Å². The Kier molecular flexibility index (Phi) is 5.59. The van der Waals surface area contributed by atoms with Gasteiger partial charge in [-0.25, -0.2) is 0 Å². The van der Waals surface area contributed by atoms with E-state index in [0.717, 1.165) is 10.2 Å². The Hall–Kier alpha value is -1.59. The highest BCUT2D eigenvalue weighted by atomic mass is 79.9. The molecule has 1 N–H and O–H groups in total. The smallest absolute Gasteiger partial charge is 0.183 e. The number of nitrogens with one attached hydrogen (secondary N) is 1. The van der Waals surface area contributed by atoms with E-state index in [1.54, 1.807) is 26.5 Å². The molecule has 2 rings (SSSR count). The summed E-state index contributed by atoms with van der Waals surface area (Å²) in [6.45, 7) is 2.72. The van der Waals surface area contributed by atoms with Gasteiger partial charge >= 0.3 is 0 Å². The lowest BCUT2D eigenvalue weighted by molar-refractivity contribution is 0.347. The summed E-state index contributed by atoms with van der Waals surface area (Å²) in [4.78, 5) is 4.36. The molecule has 0 saturated carbocycles. The lowest BCUT2D eigenvalue weighted by Gasteiger charge is -2.16. The van der Waals surface area contributed by atoms with Crippen LogP contribution >= 0.6 is 15.9 Å². The molecule has 1 atom stereocenters. The van der Waals surface area contributed by atoms with E-state index in [1.165, 1.54) is 5.56 Å². The molecule has 4 nitrogen and oxygen atoms in total. The molecule has 0 spiro atoms. The second kappa shape index (κ2) is 7.43. The number of hydrogen-bond acceptors (Lipinski definition) is 4. The van der Waals surface area contributed by atoms with Crippen LogP contribution < -0.4 is 14.8 Å². The van der Waals surface area contributed by atoms with E-state index in [0.29, 0.717) is 18.0 Å². The highest BCUT2D eigenvalue weighted by Gasteiger charge is 2.12. The minimum atomic E-state index is 0.209. The molecular weight excluding hydrogens is 332 g/mol. The van der Waals surface area contributed by atoms with E-state index in [9.17, 15) is 0 Å². The molecular formula is C16H19BrN2O2. The summed E-state index contributed by atoms with van der Waals surface area (Å²) in [5.41, 5.74) is 2.05. The molecule has 5 heteroatoms. The van der Waals surface area contributed by atoms with Crippen molar-refractivity contribution in [3.05, 3.63) is 52.3 Å². The summed E-state index contributed by atoms with van der Waals surface area (Å²) in [6, 6.07) is 10.2. The van der Waals surface area contributed by atoms with Gasteiger partial charge in [-0.1, -0.05) is 28.1 Å². The third-order valence-corrected chi connectivity index (χ3v) is 3.78. The number of aromatic nitrogens is 1. The van der Waals surface area contributed by atoms with Gasteiger partial charge in [0.25, 0.3) is 0 Å². The highest BCUT2D eigenvalue weighted by Crippen LogP contribution is 2.29. The Morgan fingerprint density at radius 3 is 2.71 bits per heavy atom. The van der Waals surface area contributed by atoms with E-state index in [4.69, 9.17) is 9.47 Å². The highest BCUT2D eigenvalue weighted by molar-refractivity contribution is 9.10. The van der Waals surface area contributed by atoms with E-state index in [2.05, 4.69) is 45.3 Å². The molecule has 0 aliphatic heterocycles. The van der Waals surface area contributed by atoms with Gasteiger partial charge in [0.15, 0.2) is 11.5 Å². The topological polar surface area (TPSA) is 43.4 Å². The summed E-state index contributed by atoms with van der Waals surface area (Å²) in [6.07, 6.45) is 1.72. The van der Waals surface area contributed by atoms with Gasteiger partial charge in [0.1, 0.15) is 0 Å². The molecule has 0 saturated heterocycles. The molecule has 21 heavy (non-hydrogen) atoms. The van der Waals surface area contributed by atoms with E-state index in [-0.39, 0.29) is 6.04 Å². The number of nitrogens with zero attached hydrogens (tertiary/aromatic N) is 1. The van der Waals surface area contributed by atoms with Crippen molar-refractivity contribution in [1.82, 2.24) is 10.3 Å². The Balaban J connectivity index is 2.09. The zero-order chi connectivity index (χ0) is 15.2. The van der Waals surface area contributed by atoms with Crippen molar-refractivity contribution in [2.24, 2.45) is 0 Å². The predicted molar refractivity (Wildman–Crippen MR) is 86.7 cm³/mol. The largest absolute Gasteiger partial charge is 0.493 e. The molecule has 1 aromatic carbocycles. The summed E-state index contributed by atoms with van der Waals surface area (Å²) < 4.78 is 11.7. The monoisotopic (exact) mass is 350 g/mol. The van der Waals surface area contributed by atoms with Crippen LogP contribution in [-0.4, -0.2) is 19.2 Å². The van der Waals surface area contributed by atoms with Gasteiger partial charge in [-0.15, -0.1) is 0 Å². The van der Waals surface area contributed by atoms with Crippen molar-refractivity contribution in [1.29, 1.82) is 0 Å². The summed E-state index contributed by atoms with van der Waals surface area (Å²) in [7, 11) is 3.25. The number of benzene rings is 1. The number of methoxy groups -OCH3 is 2. The molecule has 0 fully saturated rings. The van der Waals surface area contributed by atoms with Gasteiger partial charge in [-0.2, -0.15) is 0 Å². The predicted octanol–water partition coefficient (Wildman–Crippen LogP) is 3.71. The van der Waals surface area contributed by atoms with Crippen LogP contribution in [0.15, 0.2) is 41.0 Å². The van der Waals surface area contributed by atoms with Crippen molar-refractivity contribution < 1.29 is 9.47 Å². The fourth-order valence-corrected chi connectivity index (χ4v) is 2.54. The van der Waals surface area contributed by atoms with E-state index in [1.807, 2.05) is 12.1 Å². The molecule has 1 aromatic heterocycles. The first-order valence-corrected chi connectivity index (χ1v) is 7.49. The van der Waals surface area contributed by atoms with Gasteiger partial charge in [0.2, 0.25) is 0 Å². The Labute approximate surface area is 133 Å². The molecule has 0 amide bonds. The summed E-state index contributed by atoms with van der Waals surface area (Å²) in [5.74, 6) is 1.37. The van der Waals surface area contributed by atoms with Gasteiger partial charge in [-0.05, 0) is 24.6 Å². The molecule has 1 unspecified atom stereocenters. The van der Waals surface area contributed by atoms with Crippen LogP contribution in [0.1, 0.15) is 24.2 Å². The van der Waals surface area contributed by atoms with Gasteiger partial charge in [0, 0.05) is 29.3 Å². The minimum absolute atomic E-state index is 0.209. The normalized spacial score (nSPS) is 12.0. The molecule has 1 heterocycles. The third kappa shape index (κ3) is 3.95. The summed E-state index contributed by atoms with van der Waals surface area (Å²) >= 11 is 3.49. The lowest BCUT2D eigenvalue weighted by Crippen LogP contribution is -2.19. The SMILES string of the molecule is COc1ccnc(CNC(C)c2cccc(Br)c2)c1OC. The number of halogens is 1. The average molecular weight is 351 g/mol. The maximum absolute atomic E-state index is 5.39. The van der Waals surface area contributed by atoms with Crippen LogP contribution in [0.4, 0.5) is 0 Å². The van der Waals surface area contributed by atoms with E-state index >= 15 is 0 Å². The second-order valence-corrected chi connectivity index (χ2v) is 5.57. The fraction of sp³-hybridized carbons (Fsp3) is 0.312. The summed E-state index contributed by atoms with van der Waals surface area (Å²) in [5, 5.41) is 3.45. The maximum atomic E-state index is 5.39. The van der Waals surface area contributed by atoms with Gasteiger partial charge < -0.3 is 14.8 Å². The molecule has 0 aliphatic rings. The van der Waals surface area contributed by atoms with Gasteiger partial charge in [-0.3, -0.25) is 4.98 Å². The Bertz CT molecular complexity index is 605. The van der Waals surface area contributed by atoms with E-state index < -0.39 is 0 Å². The number of hydrogen-bond donors (Lipinski definition) is 1. The first-order valence-electron chi connectivity index (χ1n) is 6.70. The van der Waals surface area contributed by atoms with Gasteiger partial charge in [0.05, 0.1) is 19.9 Å². The molecule has 0 aliphatic carbocycles. The zero-order valence-electron chi connectivity index (χ0n) is 12.4. The quantitative estimate of drug-likeness (QED) is 0.862. The Morgan fingerprint density at radius 2 is 2.05 bits per heavy atom. The molecule has 2 aromatic rings. The number of rotatable bonds is 6. The number of ether oxygens (including phenoxy) is 2. The Morgan fingerprint density at radius 1 is 1.24 bits per heavy atom. The first-order chi connectivity index (χ1) is 10.2. The number of pyridine rings is 1. The van der Waals surface area contributed by atoms with Crippen molar-refractivity contribution >= 4 is 15.9 Å².